The van der Waals surface area contributed by atoms with E-state index < -0.39 is 11.9 Å². The first-order chi connectivity index (χ1) is 17.5. The summed E-state index contributed by atoms with van der Waals surface area (Å²) in [5.74, 6) is -0.295. The molecule has 0 unspecified atom stereocenters. The lowest BCUT2D eigenvalue weighted by atomic mass is 9.95. The number of amides is 1. The number of esters is 1. The first kappa shape index (κ1) is 25.2. The number of nitriles is 1. The zero-order valence-corrected chi connectivity index (χ0v) is 21.2. The molecule has 1 N–H and O–H groups in total. The van der Waals surface area contributed by atoms with Gasteiger partial charge in [0.1, 0.15) is 29.0 Å². The van der Waals surface area contributed by atoms with Gasteiger partial charge < -0.3 is 14.8 Å². The van der Waals surface area contributed by atoms with Crippen LogP contribution in [0.3, 0.4) is 0 Å². The van der Waals surface area contributed by atoms with E-state index in [-0.39, 0.29) is 12.2 Å². The lowest BCUT2D eigenvalue weighted by molar-refractivity contribution is -0.112. The highest BCUT2D eigenvalue weighted by atomic mass is 32.1. The molecule has 1 aliphatic carbocycles. The lowest BCUT2D eigenvalue weighted by Crippen LogP contribution is -2.16. The van der Waals surface area contributed by atoms with Crippen molar-refractivity contribution < 1.29 is 19.1 Å². The number of benzene rings is 2. The van der Waals surface area contributed by atoms with Crippen LogP contribution in [0.1, 0.15) is 57.3 Å². The van der Waals surface area contributed by atoms with Crippen molar-refractivity contribution in [1.29, 1.82) is 5.26 Å². The number of thiophene rings is 1. The van der Waals surface area contributed by atoms with Crippen LogP contribution in [0.25, 0.3) is 6.08 Å². The van der Waals surface area contributed by atoms with Gasteiger partial charge in [-0.25, -0.2) is 4.79 Å². The summed E-state index contributed by atoms with van der Waals surface area (Å²) in [4.78, 5) is 26.7. The maximum Gasteiger partial charge on any atom is 0.341 e. The summed E-state index contributed by atoms with van der Waals surface area (Å²) in [5, 5.41) is 12.9. The van der Waals surface area contributed by atoms with E-state index >= 15 is 0 Å². The minimum absolute atomic E-state index is 0.0514. The van der Waals surface area contributed by atoms with Crippen LogP contribution >= 0.6 is 11.3 Å². The highest BCUT2D eigenvalue weighted by molar-refractivity contribution is 7.17. The smallest absolute Gasteiger partial charge is 0.341 e. The first-order valence-electron chi connectivity index (χ1n) is 12.0. The Labute approximate surface area is 215 Å². The van der Waals surface area contributed by atoms with Gasteiger partial charge in [0.2, 0.25) is 0 Å². The fraction of sp³-hybridized carbons (Fsp3) is 0.276. The van der Waals surface area contributed by atoms with E-state index in [0.29, 0.717) is 28.5 Å². The quantitative estimate of drug-likeness (QED) is 0.225. The van der Waals surface area contributed by atoms with Crippen molar-refractivity contribution in [1.82, 2.24) is 0 Å². The highest BCUT2D eigenvalue weighted by Crippen LogP contribution is 2.38. The zero-order chi connectivity index (χ0) is 25.5. The van der Waals surface area contributed by atoms with Crippen molar-refractivity contribution in [2.45, 2.75) is 46.1 Å². The van der Waals surface area contributed by atoms with Gasteiger partial charge in [-0.2, -0.15) is 5.26 Å². The number of carbonyl (C=O) groups excluding carboxylic acids is 2. The van der Waals surface area contributed by atoms with E-state index in [0.717, 1.165) is 41.7 Å². The average molecular weight is 501 g/mol. The van der Waals surface area contributed by atoms with Gasteiger partial charge in [-0.15, -0.1) is 11.3 Å². The van der Waals surface area contributed by atoms with Crippen LogP contribution in [-0.2, 0) is 29.0 Å². The largest absolute Gasteiger partial charge is 0.489 e. The molecule has 184 valence electrons. The summed E-state index contributed by atoms with van der Waals surface area (Å²) in [6.07, 6.45) is 5.24. The number of anilines is 1. The van der Waals surface area contributed by atoms with Crippen molar-refractivity contribution in [3.05, 3.63) is 86.8 Å². The van der Waals surface area contributed by atoms with Crippen LogP contribution in [0.15, 0.2) is 54.1 Å². The van der Waals surface area contributed by atoms with Gasteiger partial charge in [0.05, 0.1) is 12.2 Å². The molecule has 6 nitrogen and oxygen atoms in total. The van der Waals surface area contributed by atoms with Crippen molar-refractivity contribution in [3.8, 4) is 11.8 Å². The third kappa shape index (κ3) is 6.02. The topological polar surface area (TPSA) is 88.4 Å². The van der Waals surface area contributed by atoms with E-state index in [1.54, 1.807) is 31.2 Å². The van der Waals surface area contributed by atoms with E-state index in [9.17, 15) is 14.9 Å². The van der Waals surface area contributed by atoms with Crippen LogP contribution in [0.5, 0.6) is 5.75 Å². The molecule has 1 amide bonds. The minimum Gasteiger partial charge on any atom is -0.489 e. The molecule has 1 aliphatic rings. The molecular weight excluding hydrogens is 472 g/mol. The third-order valence-electron chi connectivity index (χ3n) is 5.96. The number of nitrogens with one attached hydrogen (secondary N) is 1. The maximum atomic E-state index is 13.0. The molecule has 0 aliphatic heterocycles. The van der Waals surface area contributed by atoms with Crippen LogP contribution in [0.4, 0.5) is 5.00 Å². The first-order valence-corrected chi connectivity index (χ1v) is 12.8. The monoisotopic (exact) mass is 500 g/mol. The van der Waals surface area contributed by atoms with E-state index in [2.05, 4.69) is 5.32 Å². The molecule has 36 heavy (non-hydrogen) atoms. The fourth-order valence-corrected chi connectivity index (χ4v) is 5.34. The van der Waals surface area contributed by atoms with Crippen molar-refractivity contribution >= 4 is 34.3 Å². The number of fused-ring (bicyclic) bond motifs is 1. The second kappa shape index (κ2) is 11.7. The van der Waals surface area contributed by atoms with Crippen LogP contribution in [-0.4, -0.2) is 18.5 Å². The summed E-state index contributed by atoms with van der Waals surface area (Å²) in [5.41, 5.74) is 4.31. The molecule has 4 rings (SSSR count). The summed E-state index contributed by atoms with van der Waals surface area (Å²) in [7, 11) is 0. The Morgan fingerprint density at radius 3 is 2.50 bits per heavy atom. The number of nitrogens with zero attached hydrogens (tertiary/aromatic N) is 1. The molecule has 0 fully saturated rings. The van der Waals surface area contributed by atoms with Gasteiger partial charge in [0, 0.05) is 4.88 Å². The third-order valence-corrected chi connectivity index (χ3v) is 7.17. The standard InChI is InChI=1S/C29H28N2O4S/c1-3-34-29(33)26-24-6-4-5-7-25(24)36-28(26)31-27(32)22(17-30)16-20-12-14-23(15-13-20)35-18-21-10-8-19(2)9-11-21/h8-16H,3-7,18H2,1-2H3,(H,31,32). The fourth-order valence-electron chi connectivity index (χ4n) is 4.07. The van der Waals surface area contributed by atoms with E-state index in [1.165, 1.54) is 23.0 Å². The van der Waals surface area contributed by atoms with E-state index in [1.807, 2.05) is 37.3 Å². The number of aryl methyl sites for hydroxylation is 2. The summed E-state index contributed by atoms with van der Waals surface area (Å²) in [6, 6.07) is 17.3. The van der Waals surface area contributed by atoms with Gasteiger partial charge >= 0.3 is 5.97 Å². The normalized spacial score (nSPS) is 12.9. The molecule has 3 aromatic rings. The Morgan fingerprint density at radius 1 is 1.08 bits per heavy atom. The van der Waals surface area contributed by atoms with Gasteiger partial charge in [-0.05, 0) is 74.4 Å². The molecule has 1 heterocycles. The second-order valence-corrected chi connectivity index (χ2v) is 9.71. The SMILES string of the molecule is CCOC(=O)c1c(NC(=O)C(C#N)=Cc2ccc(OCc3ccc(C)cc3)cc2)sc2c1CCCC2. The summed E-state index contributed by atoms with van der Waals surface area (Å²) >= 11 is 1.40. The number of rotatable bonds is 8. The molecule has 0 saturated heterocycles. The van der Waals surface area contributed by atoms with Gasteiger partial charge in [0.25, 0.3) is 5.91 Å². The van der Waals surface area contributed by atoms with Crippen molar-refractivity contribution in [2.75, 3.05) is 11.9 Å². The second-order valence-electron chi connectivity index (χ2n) is 8.60. The summed E-state index contributed by atoms with van der Waals surface area (Å²) < 4.78 is 11.1. The van der Waals surface area contributed by atoms with Crippen LogP contribution < -0.4 is 10.1 Å². The molecule has 0 radical (unpaired) electrons. The Balaban J connectivity index is 1.47. The Hall–Kier alpha value is -3.89. The molecule has 7 heteroatoms. The maximum absolute atomic E-state index is 13.0. The molecule has 0 spiro atoms. The number of hydrogen-bond acceptors (Lipinski definition) is 6. The Bertz CT molecular complexity index is 1320. The van der Waals surface area contributed by atoms with Gasteiger partial charge in [0.15, 0.2) is 0 Å². The number of hydrogen-bond donors (Lipinski definition) is 1. The molecule has 0 saturated carbocycles. The molecular formula is C29H28N2O4S. The highest BCUT2D eigenvalue weighted by Gasteiger charge is 2.27. The molecule has 2 aromatic carbocycles. The Kier molecular flexibility index (Phi) is 8.19. The zero-order valence-electron chi connectivity index (χ0n) is 20.4. The Morgan fingerprint density at radius 2 is 1.81 bits per heavy atom. The minimum atomic E-state index is -0.554. The van der Waals surface area contributed by atoms with Crippen molar-refractivity contribution in [3.63, 3.8) is 0 Å². The average Bonchev–Trinajstić information content (AvgIpc) is 3.25. The molecule has 0 atom stereocenters. The van der Waals surface area contributed by atoms with E-state index in [4.69, 9.17) is 9.47 Å². The molecule has 1 aromatic heterocycles. The number of ether oxygens (including phenoxy) is 2. The number of carbonyl (C=O) groups is 2. The lowest BCUT2D eigenvalue weighted by Gasteiger charge is -2.12. The van der Waals surface area contributed by atoms with Crippen LogP contribution in [0, 0.1) is 18.3 Å². The van der Waals surface area contributed by atoms with Crippen LogP contribution in [0.2, 0.25) is 0 Å². The molecule has 0 bridgehead atoms. The van der Waals surface area contributed by atoms with Crippen molar-refractivity contribution in [2.24, 2.45) is 0 Å². The van der Waals surface area contributed by atoms with Gasteiger partial charge in [-0.3, -0.25) is 4.79 Å². The predicted octanol–water partition coefficient (Wildman–Crippen LogP) is 6.24. The summed E-state index contributed by atoms with van der Waals surface area (Å²) in [6.45, 7) is 4.50. The predicted molar refractivity (Wildman–Crippen MR) is 141 cm³/mol. The van der Waals surface area contributed by atoms with Gasteiger partial charge in [-0.1, -0.05) is 42.0 Å².